The van der Waals surface area contributed by atoms with Crippen molar-refractivity contribution >= 4 is 17.1 Å². The van der Waals surface area contributed by atoms with Crippen molar-refractivity contribution in [2.24, 2.45) is 0 Å². The number of pyridine rings is 1. The summed E-state index contributed by atoms with van der Waals surface area (Å²) in [6.45, 7) is 0. The number of H-pyrrole nitrogens is 1. The first kappa shape index (κ1) is 18.3. The first-order valence-electron chi connectivity index (χ1n) is 9.36. The quantitative estimate of drug-likeness (QED) is 0.611. The number of carbonyl (C=O) groups is 1. The third-order valence-electron chi connectivity index (χ3n) is 5.45. The van der Waals surface area contributed by atoms with Crippen LogP contribution in [-0.2, 0) is 0 Å². The van der Waals surface area contributed by atoms with Gasteiger partial charge in [-0.25, -0.2) is 14.2 Å². The fourth-order valence-corrected chi connectivity index (χ4v) is 4.17. The summed E-state index contributed by atoms with van der Waals surface area (Å²) < 4.78 is 19.3. The molecule has 2 aromatic heterocycles. The fraction of sp³-hybridized carbons (Fsp3) is 0.333. The van der Waals surface area contributed by atoms with E-state index in [1.54, 1.807) is 19.4 Å². The van der Waals surface area contributed by atoms with E-state index < -0.39 is 6.09 Å². The lowest BCUT2D eigenvalue weighted by molar-refractivity contribution is 0.184. The minimum absolute atomic E-state index is 0.0431. The van der Waals surface area contributed by atoms with Gasteiger partial charge in [-0.15, -0.1) is 0 Å². The molecule has 1 fully saturated rings. The van der Waals surface area contributed by atoms with E-state index in [1.165, 1.54) is 12.1 Å². The van der Waals surface area contributed by atoms with Crippen LogP contribution in [0.1, 0.15) is 37.3 Å². The Morgan fingerprint density at radius 3 is 2.93 bits per heavy atom. The highest BCUT2D eigenvalue weighted by Crippen LogP contribution is 2.38. The summed E-state index contributed by atoms with van der Waals surface area (Å²) in [4.78, 5) is 18.8. The summed E-state index contributed by atoms with van der Waals surface area (Å²) in [5.74, 6) is 0.494. The van der Waals surface area contributed by atoms with Gasteiger partial charge in [-0.2, -0.15) is 0 Å². The van der Waals surface area contributed by atoms with Gasteiger partial charge in [-0.1, -0.05) is 6.42 Å². The number of carboxylic acid groups (broad SMARTS) is 1. The van der Waals surface area contributed by atoms with Crippen molar-refractivity contribution in [1.29, 1.82) is 0 Å². The zero-order valence-corrected chi connectivity index (χ0v) is 15.5. The number of halogens is 1. The molecule has 0 saturated heterocycles. The van der Waals surface area contributed by atoms with E-state index in [0.29, 0.717) is 11.3 Å². The Morgan fingerprint density at radius 1 is 1.29 bits per heavy atom. The van der Waals surface area contributed by atoms with E-state index in [2.05, 4.69) is 21.4 Å². The number of nitrogens with zero attached hydrogens (tertiary/aromatic N) is 1. The molecule has 4 rings (SSSR count). The van der Waals surface area contributed by atoms with Crippen molar-refractivity contribution in [2.75, 3.05) is 7.11 Å². The van der Waals surface area contributed by atoms with Crippen molar-refractivity contribution in [1.82, 2.24) is 15.3 Å². The number of aromatic amines is 1. The molecule has 146 valence electrons. The zero-order chi connectivity index (χ0) is 19.7. The second-order valence-corrected chi connectivity index (χ2v) is 7.20. The van der Waals surface area contributed by atoms with Crippen LogP contribution in [0, 0.1) is 5.82 Å². The van der Waals surface area contributed by atoms with Gasteiger partial charge in [0, 0.05) is 34.8 Å². The van der Waals surface area contributed by atoms with E-state index in [9.17, 15) is 9.18 Å². The molecule has 1 aliphatic carbocycles. The molecule has 6 nitrogen and oxygen atoms in total. The van der Waals surface area contributed by atoms with Gasteiger partial charge in [0.15, 0.2) is 0 Å². The van der Waals surface area contributed by atoms with Crippen LogP contribution in [0.4, 0.5) is 9.18 Å². The number of benzene rings is 1. The average Bonchev–Trinajstić information content (AvgIpc) is 3.12. The van der Waals surface area contributed by atoms with Crippen molar-refractivity contribution in [3.63, 3.8) is 0 Å². The number of amides is 1. The Labute approximate surface area is 161 Å². The standard InChI is InChI=1S/C21H22FN3O3/c1-28-19-6-5-13(22)10-16(19)15-7-8-23-20-17(15)11-18(25-20)12-3-2-4-14(9-12)24-21(26)27/h5-8,10-12,14,24H,2-4,9H2,1H3,(H,23,25)(H,26,27). The molecule has 2 atom stereocenters. The predicted octanol–water partition coefficient (Wildman–Crippen LogP) is 4.67. The summed E-state index contributed by atoms with van der Waals surface area (Å²) in [7, 11) is 1.56. The molecule has 1 aliphatic rings. The van der Waals surface area contributed by atoms with Crippen LogP contribution in [0.15, 0.2) is 36.5 Å². The van der Waals surface area contributed by atoms with Crippen molar-refractivity contribution < 1.29 is 19.0 Å². The van der Waals surface area contributed by atoms with E-state index >= 15 is 0 Å². The summed E-state index contributed by atoms with van der Waals surface area (Å²) in [5, 5.41) is 12.5. The molecule has 1 aromatic carbocycles. The Balaban J connectivity index is 1.72. The number of nitrogens with one attached hydrogen (secondary N) is 2. The Morgan fingerprint density at radius 2 is 2.14 bits per heavy atom. The molecule has 3 aromatic rings. The van der Waals surface area contributed by atoms with Crippen LogP contribution in [-0.4, -0.2) is 34.3 Å². The Kier molecular flexibility index (Phi) is 4.90. The number of methoxy groups -OCH3 is 1. The predicted molar refractivity (Wildman–Crippen MR) is 104 cm³/mol. The number of hydrogen-bond acceptors (Lipinski definition) is 3. The zero-order valence-electron chi connectivity index (χ0n) is 15.5. The number of ether oxygens (including phenoxy) is 1. The maximum atomic E-state index is 13.9. The minimum Gasteiger partial charge on any atom is -0.496 e. The number of hydrogen-bond donors (Lipinski definition) is 3. The summed E-state index contributed by atoms with van der Waals surface area (Å²) in [5.41, 5.74) is 3.28. The lowest BCUT2D eigenvalue weighted by Gasteiger charge is -2.28. The highest BCUT2D eigenvalue weighted by Gasteiger charge is 2.26. The molecule has 1 saturated carbocycles. The van der Waals surface area contributed by atoms with Crippen LogP contribution >= 0.6 is 0 Å². The van der Waals surface area contributed by atoms with Crippen LogP contribution in [0.25, 0.3) is 22.2 Å². The van der Waals surface area contributed by atoms with E-state index in [-0.39, 0.29) is 17.8 Å². The van der Waals surface area contributed by atoms with Crippen LogP contribution in [0.2, 0.25) is 0 Å². The SMILES string of the molecule is COc1ccc(F)cc1-c1ccnc2[nH]c(C3CCCC(NC(=O)O)C3)cc12. The molecule has 0 radical (unpaired) electrons. The summed E-state index contributed by atoms with van der Waals surface area (Å²) in [6, 6.07) is 8.32. The highest BCUT2D eigenvalue weighted by molar-refractivity contribution is 5.95. The van der Waals surface area contributed by atoms with Gasteiger partial charge in [0.2, 0.25) is 0 Å². The third-order valence-corrected chi connectivity index (χ3v) is 5.45. The minimum atomic E-state index is -0.982. The van der Waals surface area contributed by atoms with Gasteiger partial charge in [-0.05, 0) is 55.2 Å². The van der Waals surface area contributed by atoms with Gasteiger partial charge in [0.05, 0.1) is 7.11 Å². The third kappa shape index (κ3) is 3.52. The Hall–Kier alpha value is -3.09. The van der Waals surface area contributed by atoms with E-state index in [0.717, 1.165) is 48.0 Å². The highest BCUT2D eigenvalue weighted by atomic mass is 19.1. The van der Waals surface area contributed by atoms with E-state index in [1.807, 2.05) is 6.07 Å². The van der Waals surface area contributed by atoms with Gasteiger partial charge in [-0.3, -0.25) is 0 Å². The van der Waals surface area contributed by atoms with Crippen LogP contribution < -0.4 is 10.1 Å². The largest absolute Gasteiger partial charge is 0.496 e. The van der Waals surface area contributed by atoms with Crippen molar-refractivity contribution in [3.8, 4) is 16.9 Å². The second-order valence-electron chi connectivity index (χ2n) is 7.20. The van der Waals surface area contributed by atoms with E-state index in [4.69, 9.17) is 9.84 Å². The van der Waals surface area contributed by atoms with Gasteiger partial charge < -0.3 is 20.1 Å². The molecular formula is C21H22FN3O3. The molecule has 3 N–H and O–H groups in total. The molecule has 0 aliphatic heterocycles. The first-order chi connectivity index (χ1) is 13.5. The fourth-order valence-electron chi connectivity index (χ4n) is 4.17. The van der Waals surface area contributed by atoms with Gasteiger partial charge >= 0.3 is 6.09 Å². The Bertz CT molecular complexity index is 1020. The van der Waals surface area contributed by atoms with Gasteiger partial charge in [0.25, 0.3) is 0 Å². The van der Waals surface area contributed by atoms with Crippen molar-refractivity contribution in [2.45, 2.75) is 37.6 Å². The molecule has 2 heterocycles. The summed E-state index contributed by atoms with van der Waals surface area (Å²) in [6.07, 6.45) is 4.26. The second kappa shape index (κ2) is 7.50. The van der Waals surface area contributed by atoms with Crippen LogP contribution in [0.3, 0.4) is 0 Å². The maximum absolute atomic E-state index is 13.9. The molecule has 0 bridgehead atoms. The molecule has 0 spiro atoms. The average molecular weight is 383 g/mol. The maximum Gasteiger partial charge on any atom is 0.404 e. The molecule has 7 heteroatoms. The summed E-state index contributed by atoms with van der Waals surface area (Å²) >= 11 is 0. The molecule has 1 amide bonds. The van der Waals surface area contributed by atoms with Crippen molar-refractivity contribution in [3.05, 3.63) is 48.0 Å². The van der Waals surface area contributed by atoms with Crippen LogP contribution in [0.5, 0.6) is 5.75 Å². The van der Waals surface area contributed by atoms with Gasteiger partial charge in [0.1, 0.15) is 17.2 Å². The first-order valence-corrected chi connectivity index (χ1v) is 9.36. The monoisotopic (exact) mass is 383 g/mol. The number of rotatable bonds is 4. The molecular weight excluding hydrogens is 361 g/mol. The lowest BCUT2D eigenvalue weighted by Crippen LogP contribution is -2.37. The lowest BCUT2D eigenvalue weighted by atomic mass is 9.83. The number of fused-ring (bicyclic) bond motifs is 1. The molecule has 28 heavy (non-hydrogen) atoms. The number of aromatic nitrogens is 2. The normalized spacial score (nSPS) is 19.5. The smallest absolute Gasteiger partial charge is 0.404 e. The molecule has 2 unspecified atom stereocenters. The topological polar surface area (TPSA) is 87.2 Å².